The van der Waals surface area contributed by atoms with E-state index in [0.29, 0.717) is 5.13 Å². The second-order valence-electron chi connectivity index (χ2n) is 4.13. The fourth-order valence-electron chi connectivity index (χ4n) is 1.55. The molecule has 1 aromatic heterocycles. The molecule has 0 bridgehead atoms. The van der Waals surface area contributed by atoms with Crippen molar-refractivity contribution in [2.45, 2.75) is 25.8 Å². The van der Waals surface area contributed by atoms with Gasteiger partial charge in [0.1, 0.15) is 0 Å². The Labute approximate surface area is 88.9 Å². The molecule has 4 heteroatoms. The van der Waals surface area contributed by atoms with Gasteiger partial charge in [-0.3, -0.25) is 0 Å². The fourth-order valence-corrected chi connectivity index (χ4v) is 2.31. The van der Waals surface area contributed by atoms with Crippen LogP contribution in [0.3, 0.4) is 0 Å². The van der Waals surface area contributed by atoms with Gasteiger partial charge in [0.05, 0.1) is 0 Å². The summed E-state index contributed by atoms with van der Waals surface area (Å²) in [7, 11) is 2.16. The first-order valence-electron chi connectivity index (χ1n) is 5.13. The zero-order chi connectivity index (χ0) is 9.97. The smallest absolute Gasteiger partial charge is 0.180 e. The molecular formula is C10H17N3S. The van der Waals surface area contributed by atoms with Crippen molar-refractivity contribution >= 4 is 16.5 Å². The molecule has 78 valence electrons. The Balaban J connectivity index is 1.72. The molecule has 0 unspecified atom stereocenters. The first kappa shape index (κ1) is 9.93. The molecule has 3 nitrogen and oxygen atoms in total. The molecule has 0 spiro atoms. The number of aromatic nitrogens is 1. The van der Waals surface area contributed by atoms with Crippen LogP contribution in [0.5, 0.6) is 0 Å². The molecule has 2 rings (SSSR count). The molecule has 2 N–H and O–H groups in total. The largest absolute Gasteiger partial charge is 0.375 e. The van der Waals surface area contributed by atoms with Crippen LogP contribution in [0.25, 0.3) is 0 Å². The Morgan fingerprint density at radius 3 is 3.00 bits per heavy atom. The molecule has 1 aliphatic rings. The van der Waals surface area contributed by atoms with Crippen LogP contribution in [0, 0.1) is 5.92 Å². The van der Waals surface area contributed by atoms with Gasteiger partial charge < -0.3 is 10.6 Å². The average Bonchev–Trinajstić information content (AvgIpc) is 2.88. The van der Waals surface area contributed by atoms with Gasteiger partial charge >= 0.3 is 0 Å². The molecule has 1 aromatic rings. The summed E-state index contributed by atoms with van der Waals surface area (Å²) < 4.78 is 0. The van der Waals surface area contributed by atoms with Gasteiger partial charge in [-0.15, -0.1) is 11.3 Å². The number of nitrogens with two attached hydrogens (primary N) is 1. The van der Waals surface area contributed by atoms with E-state index >= 15 is 0 Å². The van der Waals surface area contributed by atoms with Crippen molar-refractivity contribution in [1.29, 1.82) is 0 Å². The first-order chi connectivity index (χ1) is 6.74. The van der Waals surface area contributed by atoms with Gasteiger partial charge in [-0.05, 0) is 25.9 Å². The van der Waals surface area contributed by atoms with E-state index in [2.05, 4.69) is 16.9 Å². The number of nitrogen functional groups attached to an aromatic ring is 1. The maximum absolute atomic E-state index is 5.58. The number of thiazole rings is 1. The highest BCUT2D eigenvalue weighted by molar-refractivity contribution is 7.15. The lowest BCUT2D eigenvalue weighted by atomic mass is 10.3. The van der Waals surface area contributed by atoms with Crippen molar-refractivity contribution in [3.63, 3.8) is 0 Å². The Morgan fingerprint density at radius 1 is 1.64 bits per heavy atom. The average molecular weight is 211 g/mol. The summed E-state index contributed by atoms with van der Waals surface area (Å²) in [5.41, 5.74) is 5.58. The molecule has 0 atom stereocenters. The number of rotatable bonds is 5. The van der Waals surface area contributed by atoms with E-state index in [-0.39, 0.29) is 0 Å². The maximum atomic E-state index is 5.58. The molecule has 1 saturated carbocycles. The quantitative estimate of drug-likeness (QED) is 0.809. The fraction of sp³-hybridized carbons (Fsp3) is 0.700. The van der Waals surface area contributed by atoms with E-state index in [9.17, 15) is 0 Å². The van der Waals surface area contributed by atoms with Crippen molar-refractivity contribution in [3.05, 3.63) is 11.1 Å². The second-order valence-corrected chi connectivity index (χ2v) is 5.28. The number of hydrogen-bond acceptors (Lipinski definition) is 4. The summed E-state index contributed by atoms with van der Waals surface area (Å²) in [6, 6.07) is 0. The molecule has 0 radical (unpaired) electrons. The van der Waals surface area contributed by atoms with E-state index < -0.39 is 0 Å². The highest BCUT2D eigenvalue weighted by Crippen LogP contribution is 2.32. The number of anilines is 1. The second kappa shape index (κ2) is 4.28. The minimum Gasteiger partial charge on any atom is -0.375 e. The molecule has 0 saturated heterocycles. The van der Waals surface area contributed by atoms with Crippen LogP contribution in [0.15, 0.2) is 6.20 Å². The first-order valence-corrected chi connectivity index (χ1v) is 5.94. The van der Waals surface area contributed by atoms with Gasteiger partial charge in [-0.1, -0.05) is 12.8 Å². The van der Waals surface area contributed by atoms with Gasteiger partial charge in [-0.25, -0.2) is 4.98 Å². The summed E-state index contributed by atoms with van der Waals surface area (Å²) >= 11 is 1.59. The van der Waals surface area contributed by atoms with Crippen LogP contribution in [0.4, 0.5) is 5.13 Å². The lowest BCUT2D eigenvalue weighted by Gasteiger charge is -2.14. The molecule has 0 aliphatic heterocycles. The minimum absolute atomic E-state index is 0.676. The Hall–Kier alpha value is -0.610. The van der Waals surface area contributed by atoms with E-state index in [1.807, 2.05) is 6.20 Å². The van der Waals surface area contributed by atoms with Gasteiger partial charge in [0, 0.05) is 17.6 Å². The van der Waals surface area contributed by atoms with Crippen molar-refractivity contribution < 1.29 is 0 Å². The van der Waals surface area contributed by atoms with E-state index in [1.165, 1.54) is 30.7 Å². The van der Waals surface area contributed by atoms with E-state index in [0.717, 1.165) is 12.5 Å². The monoisotopic (exact) mass is 211 g/mol. The van der Waals surface area contributed by atoms with E-state index in [1.54, 1.807) is 11.3 Å². The SMILES string of the molecule is CN(CCC1CC1)Cc1cnc(N)s1. The molecule has 1 fully saturated rings. The third kappa shape index (κ3) is 2.96. The lowest BCUT2D eigenvalue weighted by molar-refractivity contribution is 0.317. The standard InChI is InChI=1S/C10H17N3S/c1-13(5-4-8-2-3-8)7-9-6-12-10(11)14-9/h6,8H,2-5,7H2,1H3,(H2,11,12). The van der Waals surface area contributed by atoms with Crippen LogP contribution in [-0.2, 0) is 6.54 Å². The summed E-state index contributed by atoms with van der Waals surface area (Å²) in [5, 5.41) is 0.676. The van der Waals surface area contributed by atoms with Crippen LogP contribution in [-0.4, -0.2) is 23.5 Å². The Bertz CT molecular complexity index is 293. The number of hydrogen-bond donors (Lipinski definition) is 1. The van der Waals surface area contributed by atoms with Crippen molar-refractivity contribution in [2.75, 3.05) is 19.3 Å². The van der Waals surface area contributed by atoms with Gasteiger partial charge in [0.25, 0.3) is 0 Å². The number of nitrogens with zero attached hydrogens (tertiary/aromatic N) is 2. The van der Waals surface area contributed by atoms with Crippen molar-refractivity contribution in [1.82, 2.24) is 9.88 Å². The molecule has 0 amide bonds. The Morgan fingerprint density at radius 2 is 2.43 bits per heavy atom. The van der Waals surface area contributed by atoms with Gasteiger partial charge in [0.15, 0.2) is 5.13 Å². The lowest BCUT2D eigenvalue weighted by Crippen LogP contribution is -2.18. The summed E-state index contributed by atoms with van der Waals surface area (Å²) in [5.74, 6) is 1.02. The summed E-state index contributed by atoms with van der Waals surface area (Å²) in [6.45, 7) is 2.18. The topological polar surface area (TPSA) is 42.2 Å². The molecule has 0 aromatic carbocycles. The normalized spacial score (nSPS) is 16.4. The third-order valence-electron chi connectivity index (χ3n) is 2.61. The minimum atomic E-state index is 0.676. The summed E-state index contributed by atoms with van der Waals surface area (Å²) in [6.07, 6.45) is 6.13. The highest BCUT2D eigenvalue weighted by Gasteiger charge is 2.21. The van der Waals surface area contributed by atoms with Crippen LogP contribution < -0.4 is 5.73 Å². The van der Waals surface area contributed by atoms with Crippen molar-refractivity contribution in [2.24, 2.45) is 5.92 Å². The zero-order valence-corrected chi connectivity index (χ0v) is 9.39. The van der Waals surface area contributed by atoms with Crippen LogP contribution >= 0.6 is 11.3 Å². The van der Waals surface area contributed by atoms with Crippen LogP contribution in [0.2, 0.25) is 0 Å². The molecule has 1 heterocycles. The van der Waals surface area contributed by atoms with Gasteiger partial charge in [0.2, 0.25) is 0 Å². The molecule has 14 heavy (non-hydrogen) atoms. The maximum Gasteiger partial charge on any atom is 0.180 e. The van der Waals surface area contributed by atoms with Crippen molar-refractivity contribution in [3.8, 4) is 0 Å². The Kier molecular flexibility index (Phi) is 3.03. The van der Waals surface area contributed by atoms with E-state index in [4.69, 9.17) is 5.73 Å². The molecule has 1 aliphatic carbocycles. The highest BCUT2D eigenvalue weighted by atomic mass is 32.1. The summed E-state index contributed by atoms with van der Waals surface area (Å²) in [4.78, 5) is 7.66. The van der Waals surface area contributed by atoms with Gasteiger partial charge in [-0.2, -0.15) is 0 Å². The predicted octanol–water partition coefficient (Wildman–Crippen LogP) is 1.96. The zero-order valence-electron chi connectivity index (χ0n) is 8.57. The predicted molar refractivity (Wildman–Crippen MR) is 60.2 cm³/mol. The third-order valence-corrected chi connectivity index (χ3v) is 3.42. The van der Waals surface area contributed by atoms with Crippen LogP contribution in [0.1, 0.15) is 24.1 Å². The molecular weight excluding hydrogens is 194 g/mol.